The number of carbonyl (C=O) groups is 2. The van der Waals surface area contributed by atoms with Crippen LogP contribution in [-0.4, -0.2) is 68.1 Å². The third kappa shape index (κ3) is 4.73. The van der Waals surface area contributed by atoms with Crippen LogP contribution in [0.1, 0.15) is 19.8 Å². The molecule has 0 aliphatic carbocycles. The minimum atomic E-state index is -0.136. The van der Waals surface area contributed by atoms with Crippen LogP contribution in [0.15, 0.2) is 0 Å². The first kappa shape index (κ1) is 16.9. The van der Waals surface area contributed by atoms with E-state index in [0.717, 1.165) is 0 Å². The molecule has 1 aliphatic rings. The molecule has 1 heterocycles. The quantitative estimate of drug-likeness (QED) is 0.378. The van der Waals surface area contributed by atoms with Crippen molar-refractivity contribution in [1.29, 1.82) is 0 Å². The van der Waals surface area contributed by atoms with Gasteiger partial charge in [0.15, 0.2) is 0 Å². The van der Waals surface area contributed by atoms with Crippen LogP contribution in [0.2, 0.25) is 0 Å². The summed E-state index contributed by atoms with van der Waals surface area (Å²) in [5, 5.41) is 0. The van der Waals surface area contributed by atoms with E-state index in [0.29, 0.717) is 39.1 Å². The second-order valence-corrected chi connectivity index (χ2v) is 5.38. The molecule has 1 unspecified atom stereocenters. The second-order valence-electron chi connectivity index (χ2n) is 5.38. The average Bonchev–Trinajstić information content (AvgIpc) is 2.46. The highest BCUT2D eigenvalue weighted by atomic mass is 16.5. The fourth-order valence-electron chi connectivity index (χ4n) is 2.35. The molecule has 116 valence electrons. The Morgan fingerprint density at radius 3 is 2.55 bits per heavy atom. The van der Waals surface area contributed by atoms with Crippen molar-refractivity contribution in [2.45, 2.75) is 25.8 Å². The number of hydrogen-bond donors (Lipinski definition) is 2. The molecular formula is C13H26N4O3. The van der Waals surface area contributed by atoms with Crippen molar-refractivity contribution in [3.8, 4) is 0 Å². The molecule has 1 atom stereocenters. The van der Waals surface area contributed by atoms with Gasteiger partial charge in [0.05, 0.1) is 13.2 Å². The van der Waals surface area contributed by atoms with Gasteiger partial charge in [-0.25, -0.2) is 5.84 Å². The van der Waals surface area contributed by atoms with Gasteiger partial charge in [-0.1, -0.05) is 0 Å². The van der Waals surface area contributed by atoms with E-state index in [9.17, 15) is 9.59 Å². The summed E-state index contributed by atoms with van der Waals surface area (Å²) >= 11 is 0. The Labute approximate surface area is 120 Å². The van der Waals surface area contributed by atoms with Gasteiger partial charge in [-0.2, -0.15) is 0 Å². The third-order valence-corrected chi connectivity index (χ3v) is 3.91. The third-order valence-electron chi connectivity index (χ3n) is 3.91. The Bertz CT molecular complexity index is 330. The molecule has 0 saturated carbocycles. The van der Waals surface area contributed by atoms with Gasteiger partial charge in [0, 0.05) is 32.2 Å². The summed E-state index contributed by atoms with van der Waals surface area (Å²) in [6.45, 7) is 4.22. The van der Waals surface area contributed by atoms with Gasteiger partial charge in [0.1, 0.15) is 0 Å². The molecule has 0 bridgehead atoms. The minimum absolute atomic E-state index is 0.0748. The van der Waals surface area contributed by atoms with Crippen molar-refractivity contribution in [3.63, 3.8) is 0 Å². The molecular weight excluding hydrogens is 260 g/mol. The Morgan fingerprint density at radius 1 is 1.45 bits per heavy atom. The van der Waals surface area contributed by atoms with E-state index in [1.807, 2.05) is 23.8 Å². The number of nitrogens with two attached hydrogens (primary N) is 1. The van der Waals surface area contributed by atoms with Crippen LogP contribution < -0.4 is 11.3 Å². The zero-order valence-electron chi connectivity index (χ0n) is 12.6. The fourth-order valence-corrected chi connectivity index (χ4v) is 2.35. The van der Waals surface area contributed by atoms with Crippen molar-refractivity contribution >= 4 is 11.8 Å². The Kier molecular flexibility index (Phi) is 6.90. The zero-order chi connectivity index (χ0) is 15.1. The van der Waals surface area contributed by atoms with Gasteiger partial charge in [-0.3, -0.25) is 19.9 Å². The average molecular weight is 286 g/mol. The highest BCUT2D eigenvalue weighted by Crippen LogP contribution is 2.17. The Morgan fingerprint density at radius 2 is 2.05 bits per heavy atom. The van der Waals surface area contributed by atoms with Gasteiger partial charge in [-0.15, -0.1) is 0 Å². The molecule has 0 radical (unpaired) electrons. The van der Waals surface area contributed by atoms with Crippen LogP contribution in [0, 0.1) is 5.92 Å². The second kappa shape index (κ2) is 8.18. The van der Waals surface area contributed by atoms with Gasteiger partial charge in [0.2, 0.25) is 11.8 Å². The molecule has 0 aromatic carbocycles. The Balaban J connectivity index is 2.37. The maximum Gasteiger partial charge on any atom is 0.237 e. The highest BCUT2D eigenvalue weighted by Gasteiger charge is 2.27. The molecule has 1 aliphatic heterocycles. The van der Waals surface area contributed by atoms with Gasteiger partial charge in [0.25, 0.3) is 0 Å². The summed E-state index contributed by atoms with van der Waals surface area (Å²) in [5.74, 6) is 5.01. The topological polar surface area (TPSA) is 87.9 Å². The van der Waals surface area contributed by atoms with Crippen LogP contribution >= 0.6 is 0 Å². The normalized spacial score (nSPS) is 18.1. The first-order valence-electron chi connectivity index (χ1n) is 6.97. The molecule has 7 nitrogen and oxygen atoms in total. The standard InChI is InChI=1S/C13H26N4O3/c1-10(9-20-3)16(2)8-12(18)17-6-4-11(5-7-17)13(19)15-14/h10-11H,4-9,14H2,1-3H3,(H,15,19). The summed E-state index contributed by atoms with van der Waals surface area (Å²) in [4.78, 5) is 27.4. The molecule has 1 saturated heterocycles. The predicted molar refractivity (Wildman–Crippen MR) is 75.6 cm³/mol. The van der Waals surface area contributed by atoms with E-state index >= 15 is 0 Å². The van der Waals surface area contributed by atoms with E-state index < -0.39 is 0 Å². The number of nitrogens with zero attached hydrogens (tertiary/aromatic N) is 2. The van der Waals surface area contributed by atoms with E-state index in [4.69, 9.17) is 10.6 Å². The van der Waals surface area contributed by atoms with Crippen LogP contribution in [0.4, 0.5) is 0 Å². The maximum atomic E-state index is 12.2. The number of rotatable bonds is 6. The van der Waals surface area contributed by atoms with Crippen LogP contribution in [0.25, 0.3) is 0 Å². The largest absolute Gasteiger partial charge is 0.383 e. The molecule has 0 aromatic rings. The van der Waals surface area contributed by atoms with Crippen LogP contribution in [0.5, 0.6) is 0 Å². The summed E-state index contributed by atoms with van der Waals surface area (Å²) < 4.78 is 5.08. The number of amides is 2. The lowest BCUT2D eigenvalue weighted by atomic mass is 9.96. The zero-order valence-corrected chi connectivity index (χ0v) is 12.6. The fraction of sp³-hybridized carbons (Fsp3) is 0.846. The number of piperidine rings is 1. The van der Waals surface area contributed by atoms with Crippen LogP contribution in [-0.2, 0) is 14.3 Å². The van der Waals surface area contributed by atoms with Crippen molar-refractivity contribution in [2.24, 2.45) is 11.8 Å². The number of carbonyl (C=O) groups excluding carboxylic acids is 2. The summed E-state index contributed by atoms with van der Waals surface area (Å²) in [6, 6.07) is 0.199. The molecule has 7 heteroatoms. The van der Waals surface area contributed by atoms with Crippen molar-refractivity contribution in [2.75, 3.05) is 40.4 Å². The number of nitrogens with one attached hydrogen (secondary N) is 1. The maximum absolute atomic E-state index is 12.2. The minimum Gasteiger partial charge on any atom is -0.383 e. The van der Waals surface area contributed by atoms with E-state index in [2.05, 4.69) is 5.43 Å². The van der Waals surface area contributed by atoms with Crippen molar-refractivity contribution in [1.82, 2.24) is 15.2 Å². The molecule has 2 amide bonds. The molecule has 1 rings (SSSR count). The van der Waals surface area contributed by atoms with Crippen molar-refractivity contribution < 1.29 is 14.3 Å². The first-order valence-corrected chi connectivity index (χ1v) is 6.97. The van der Waals surface area contributed by atoms with Crippen molar-refractivity contribution in [3.05, 3.63) is 0 Å². The summed E-state index contributed by atoms with van der Waals surface area (Å²) in [7, 11) is 3.57. The molecule has 3 N–H and O–H groups in total. The number of likely N-dealkylation sites (N-methyl/N-ethyl adjacent to an activating group) is 1. The van der Waals surface area contributed by atoms with Gasteiger partial charge in [-0.05, 0) is 26.8 Å². The lowest BCUT2D eigenvalue weighted by Gasteiger charge is -2.33. The first-order chi connectivity index (χ1) is 9.49. The molecule has 0 spiro atoms. The molecule has 0 aromatic heterocycles. The molecule has 1 fully saturated rings. The van der Waals surface area contributed by atoms with Gasteiger partial charge < -0.3 is 9.64 Å². The van der Waals surface area contributed by atoms with E-state index in [1.54, 1.807) is 7.11 Å². The van der Waals surface area contributed by atoms with Crippen LogP contribution in [0.3, 0.4) is 0 Å². The SMILES string of the molecule is COCC(C)N(C)CC(=O)N1CCC(C(=O)NN)CC1. The van der Waals surface area contributed by atoms with E-state index in [1.165, 1.54) is 0 Å². The number of likely N-dealkylation sites (tertiary alicyclic amines) is 1. The number of methoxy groups -OCH3 is 1. The van der Waals surface area contributed by atoms with E-state index in [-0.39, 0.29) is 23.8 Å². The smallest absolute Gasteiger partial charge is 0.237 e. The number of hydrogen-bond acceptors (Lipinski definition) is 5. The summed E-state index contributed by atoms with van der Waals surface area (Å²) in [5.41, 5.74) is 2.18. The Hall–Kier alpha value is -1.18. The molecule has 20 heavy (non-hydrogen) atoms. The van der Waals surface area contributed by atoms with Gasteiger partial charge >= 0.3 is 0 Å². The predicted octanol–water partition coefficient (Wildman–Crippen LogP) is -0.818. The number of ether oxygens (including phenoxy) is 1. The summed E-state index contributed by atoms with van der Waals surface area (Å²) in [6.07, 6.45) is 1.35. The lowest BCUT2D eigenvalue weighted by Crippen LogP contribution is -2.48. The lowest BCUT2D eigenvalue weighted by molar-refractivity contribution is -0.136. The number of hydrazine groups is 1. The highest BCUT2D eigenvalue weighted by molar-refractivity contribution is 5.80. The monoisotopic (exact) mass is 286 g/mol.